The van der Waals surface area contributed by atoms with Crippen LogP contribution in [-0.4, -0.2) is 23.7 Å². The fourth-order valence-electron chi connectivity index (χ4n) is 1.27. The molecule has 0 unspecified atom stereocenters. The number of nitrogens with zero attached hydrogens (tertiary/aromatic N) is 1. The molecule has 1 amide bonds. The van der Waals surface area contributed by atoms with Crippen LogP contribution in [0.4, 0.5) is 8.78 Å². The topological polar surface area (TPSA) is 20.3 Å². The van der Waals surface area contributed by atoms with Gasteiger partial charge < -0.3 is 4.90 Å². The van der Waals surface area contributed by atoms with Gasteiger partial charge in [0.1, 0.15) is 0 Å². The van der Waals surface area contributed by atoms with E-state index in [0.717, 1.165) is 12.1 Å². The lowest BCUT2D eigenvalue weighted by Gasteiger charge is -2.16. The summed E-state index contributed by atoms with van der Waals surface area (Å²) in [5.41, 5.74) is 0.546. The molecule has 1 rings (SSSR count). The van der Waals surface area contributed by atoms with Gasteiger partial charge in [0.15, 0.2) is 11.6 Å². The summed E-state index contributed by atoms with van der Waals surface area (Å²) in [5.74, 6) is -1.67. The fourth-order valence-corrected chi connectivity index (χ4v) is 1.43. The number of benzene rings is 1. The van der Waals surface area contributed by atoms with Crippen molar-refractivity contribution >= 4 is 17.5 Å². The Bertz CT molecular complexity index is 384. The highest BCUT2D eigenvalue weighted by molar-refractivity contribution is 6.18. The molecule has 0 heterocycles. The standard InChI is InChI=1S/C11H12ClF2NO/c1-15(11(16)4-5-12)7-8-2-3-9(13)10(14)6-8/h2-3,6H,4-5,7H2,1H3. The molecule has 88 valence electrons. The van der Waals surface area contributed by atoms with Gasteiger partial charge in [-0.2, -0.15) is 0 Å². The van der Waals surface area contributed by atoms with Gasteiger partial charge in [-0.3, -0.25) is 4.79 Å². The summed E-state index contributed by atoms with van der Waals surface area (Å²) in [6, 6.07) is 3.58. The quantitative estimate of drug-likeness (QED) is 0.749. The summed E-state index contributed by atoms with van der Waals surface area (Å²) in [4.78, 5) is 12.8. The minimum atomic E-state index is -0.907. The van der Waals surface area contributed by atoms with Gasteiger partial charge in [-0.05, 0) is 17.7 Å². The van der Waals surface area contributed by atoms with Gasteiger partial charge in [0.05, 0.1) is 0 Å². The van der Waals surface area contributed by atoms with Crippen molar-refractivity contribution < 1.29 is 13.6 Å². The Hall–Kier alpha value is -1.16. The van der Waals surface area contributed by atoms with Crippen molar-refractivity contribution in [1.82, 2.24) is 4.90 Å². The van der Waals surface area contributed by atoms with Gasteiger partial charge >= 0.3 is 0 Å². The summed E-state index contributed by atoms with van der Waals surface area (Å²) in [5, 5.41) is 0. The smallest absolute Gasteiger partial charge is 0.223 e. The molecular weight excluding hydrogens is 236 g/mol. The third-order valence-electron chi connectivity index (χ3n) is 2.14. The van der Waals surface area contributed by atoms with Crippen molar-refractivity contribution in [3.8, 4) is 0 Å². The Balaban J connectivity index is 2.66. The SMILES string of the molecule is CN(Cc1ccc(F)c(F)c1)C(=O)CCCl. The van der Waals surface area contributed by atoms with Gasteiger partial charge in [-0.15, -0.1) is 11.6 Å². The van der Waals surface area contributed by atoms with Crippen LogP contribution in [0.5, 0.6) is 0 Å². The predicted octanol–water partition coefficient (Wildman–Crippen LogP) is 2.55. The van der Waals surface area contributed by atoms with Crippen molar-refractivity contribution in [3.05, 3.63) is 35.4 Å². The van der Waals surface area contributed by atoms with Crippen molar-refractivity contribution in [3.63, 3.8) is 0 Å². The van der Waals surface area contributed by atoms with E-state index in [-0.39, 0.29) is 24.8 Å². The van der Waals surface area contributed by atoms with Gasteiger partial charge in [0.25, 0.3) is 0 Å². The van der Waals surface area contributed by atoms with Crippen LogP contribution in [0.25, 0.3) is 0 Å². The molecular formula is C11H12ClF2NO. The Morgan fingerprint density at radius 1 is 1.38 bits per heavy atom. The van der Waals surface area contributed by atoms with E-state index in [1.54, 1.807) is 7.05 Å². The number of amides is 1. The molecule has 0 saturated carbocycles. The normalized spacial score (nSPS) is 10.2. The molecule has 5 heteroatoms. The van der Waals surface area contributed by atoms with E-state index in [1.807, 2.05) is 0 Å². The summed E-state index contributed by atoms with van der Waals surface area (Å²) >= 11 is 5.43. The zero-order valence-corrected chi connectivity index (χ0v) is 9.60. The first-order valence-electron chi connectivity index (χ1n) is 4.78. The molecule has 0 aliphatic rings. The van der Waals surface area contributed by atoms with Crippen LogP contribution in [0.1, 0.15) is 12.0 Å². The van der Waals surface area contributed by atoms with Crippen LogP contribution >= 0.6 is 11.6 Å². The minimum Gasteiger partial charge on any atom is -0.341 e. The average molecular weight is 248 g/mol. The molecule has 2 nitrogen and oxygen atoms in total. The molecule has 0 spiro atoms. The number of hydrogen-bond donors (Lipinski definition) is 0. The molecule has 0 N–H and O–H groups in total. The Morgan fingerprint density at radius 2 is 2.06 bits per heavy atom. The maximum absolute atomic E-state index is 12.9. The average Bonchev–Trinajstić information content (AvgIpc) is 2.24. The molecule has 0 fully saturated rings. The second-order valence-electron chi connectivity index (χ2n) is 3.44. The van der Waals surface area contributed by atoms with Gasteiger partial charge in [0.2, 0.25) is 5.91 Å². The zero-order chi connectivity index (χ0) is 12.1. The summed E-state index contributed by atoms with van der Waals surface area (Å²) < 4.78 is 25.5. The lowest BCUT2D eigenvalue weighted by atomic mass is 10.2. The number of halogens is 3. The van der Waals surface area contributed by atoms with Crippen LogP contribution in [0.2, 0.25) is 0 Å². The maximum atomic E-state index is 12.9. The first kappa shape index (κ1) is 12.9. The van der Waals surface area contributed by atoms with Crippen LogP contribution < -0.4 is 0 Å². The van der Waals surface area contributed by atoms with E-state index >= 15 is 0 Å². The second-order valence-corrected chi connectivity index (χ2v) is 3.82. The number of alkyl halides is 1. The molecule has 16 heavy (non-hydrogen) atoms. The largest absolute Gasteiger partial charge is 0.341 e. The van der Waals surface area contributed by atoms with Crippen molar-refractivity contribution in [2.24, 2.45) is 0 Å². The highest BCUT2D eigenvalue weighted by atomic mass is 35.5. The molecule has 0 aromatic heterocycles. The van der Waals surface area contributed by atoms with E-state index in [1.165, 1.54) is 11.0 Å². The summed E-state index contributed by atoms with van der Waals surface area (Å²) in [6.45, 7) is 0.243. The number of hydrogen-bond acceptors (Lipinski definition) is 1. The molecule has 0 radical (unpaired) electrons. The third-order valence-corrected chi connectivity index (χ3v) is 2.33. The van der Waals surface area contributed by atoms with Crippen LogP contribution in [-0.2, 0) is 11.3 Å². The number of rotatable bonds is 4. The van der Waals surface area contributed by atoms with E-state index in [4.69, 9.17) is 11.6 Å². The highest BCUT2D eigenvalue weighted by Crippen LogP contribution is 2.10. The molecule has 1 aromatic rings. The fraction of sp³-hybridized carbons (Fsp3) is 0.364. The lowest BCUT2D eigenvalue weighted by molar-refractivity contribution is -0.129. The van der Waals surface area contributed by atoms with E-state index in [2.05, 4.69) is 0 Å². The molecule has 0 bridgehead atoms. The van der Waals surface area contributed by atoms with Crippen molar-refractivity contribution in [2.75, 3.05) is 12.9 Å². The third kappa shape index (κ3) is 3.45. The van der Waals surface area contributed by atoms with E-state index in [9.17, 15) is 13.6 Å². The summed E-state index contributed by atoms with van der Waals surface area (Å²) in [6.07, 6.45) is 0.238. The van der Waals surface area contributed by atoms with Crippen molar-refractivity contribution in [1.29, 1.82) is 0 Å². The van der Waals surface area contributed by atoms with Gasteiger partial charge in [-0.25, -0.2) is 8.78 Å². The van der Waals surface area contributed by atoms with Gasteiger partial charge in [0, 0.05) is 25.9 Å². The van der Waals surface area contributed by atoms with E-state index < -0.39 is 11.6 Å². The molecule has 0 saturated heterocycles. The molecule has 1 aromatic carbocycles. The minimum absolute atomic E-state index is 0.125. The predicted molar refractivity (Wildman–Crippen MR) is 58.2 cm³/mol. The molecule has 0 aliphatic heterocycles. The second kappa shape index (κ2) is 5.80. The lowest BCUT2D eigenvalue weighted by Crippen LogP contribution is -2.26. The molecule has 0 aliphatic carbocycles. The Morgan fingerprint density at radius 3 is 2.62 bits per heavy atom. The maximum Gasteiger partial charge on any atom is 0.223 e. The molecule has 0 atom stereocenters. The van der Waals surface area contributed by atoms with E-state index in [0.29, 0.717) is 5.56 Å². The summed E-state index contributed by atoms with van der Waals surface area (Å²) in [7, 11) is 1.59. The van der Waals surface area contributed by atoms with Crippen LogP contribution in [0.15, 0.2) is 18.2 Å². The Kier molecular flexibility index (Phi) is 4.68. The first-order valence-corrected chi connectivity index (χ1v) is 5.32. The monoisotopic (exact) mass is 247 g/mol. The Labute approximate surface area is 97.8 Å². The van der Waals surface area contributed by atoms with Crippen molar-refractivity contribution in [2.45, 2.75) is 13.0 Å². The first-order chi connectivity index (χ1) is 7.54. The number of carbonyl (C=O) groups is 1. The highest BCUT2D eigenvalue weighted by Gasteiger charge is 2.09. The van der Waals surface area contributed by atoms with Crippen LogP contribution in [0, 0.1) is 11.6 Å². The van der Waals surface area contributed by atoms with Gasteiger partial charge in [-0.1, -0.05) is 6.07 Å². The van der Waals surface area contributed by atoms with Crippen LogP contribution in [0.3, 0.4) is 0 Å². The number of carbonyl (C=O) groups excluding carboxylic acids is 1. The zero-order valence-electron chi connectivity index (χ0n) is 8.84.